The van der Waals surface area contributed by atoms with E-state index in [1.165, 1.54) is 12.1 Å². The maximum atomic E-state index is 11.6. The van der Waals surface area contributed by atoms with Gasteiger partial charge in [0.05, 0.1) is 17.4 Å². The molecule has 0 aliphatic rings. The third kappa shape index (κ3) is 3.64. The van der Waals surface area contributed by atoms with E-state index in [0.29, 0.717) is 0 Å². The molecule has 0 radical (unpaired) electrons. The van der Waals surface area contributed by atoms with Gasteiger partial charge in [0.2, 0.25) is 11.8 Å². The first-order valence-corrected chi connectivity index (χ1v) is 5.14. The molecule has 2 amide bonds. The summed E-state index contributed by atoms with van der Waals surface area (Å²) in [6, 6.07) is 2.28. The lowest BCUT2D eigenvalue weighted by Crippen LogP contribution is -2.39. The van der Waals surface area contributed by atoms with Gasteiger partial charge in [-0.05, 0) is 6.07 Å². The standard InChI is InChI=1S/C10H12N4O5/c11-5(4-8(12)16)10(17)13-9-6(14(18)19)2-1-3-7(9)15/h1-3,5,15H,4,11H2,(H2,12,16)(H,13,17). The van der Waals surface area contributed by atoms with Crippen LogP contribution in [0.15, 0.2) is 18.2 Å². The minimum atomic E-state index is -1.25. The highest BCUT2D eigenvalue weighted by molar-refractivity contribution is 6.00. The van der Waals surface area contributed by atoms with Crippen LogP contribution in [0, 0.1) is 10.1 Å². The van der Waals surface area contributed by atoms with Gasteiger partial charge in [0.15, 0.2) is 5.69 Å². The number of aromatic hydroxyl groups is 1. The summed E-state index contributed by atoms with van der Waals surface area (Å²) < 4.78 is 0. The number of benzene rings is 1. The zero-order chi connectivity index (χ0) is 14.6. The molecule has 1 rings (SSSR count). The Bertz CT molecular complexity index is 531. The van der Waals surface area contributed by atoms with E-state index < -0.39 is 40.6 Å². The van der Waals surface area contributed by atoms with Crippen LogP contribution in [-0.4, -0.2) is 27.9 Å². The largest absolute Gasteiger partial charge is 0.505 e. The molecule has 9 nitrogen and oxygen atoms in total. The zero-order valence-electron chi connectivity index (χ0n) is 9.70. The van der Waals surface area contributed by atoms with Gasteiger partial charge >= 0.3 is 0 Å². The van der Waals surface area contributed by atoms with Crippen molar-refractivity contribution in [2.75, 3.05) is 5.32 Å². The summed E-state index contributed by atoms with van der Waals surface area (Å²) in [5.41, 5.74) is 9.39. The number of nitrogens with zero attached hydrogens (tertiary/aromatic N) is 1. The number of para-hydroxylation sites is 1. The molecule has 0 bridgehead atoms. The highest BCUT2D eigenvalue weighted by Crippen LogP contribution is 2.33. The molecule has 0 aliphatic heterocycles. The first-order chi connectivity index (χ1) is 8.82. The van der Waals surface area contributed by atoms with Crippen molar-refractivity contribution < 1.29 is 19.6 Å². The Morgan fingerprint density at radius 1 is 1.47 bits per heavy atom. The van der Waals surface area contributed by atoms with Gasteiger partial charge < -0.3 is 21.9 Å². The molecule has 0 fully saturated rings. The van der Waals surface area contributed by atoms with Crippen molar-refractivity contribution in [2.45, 2.75) is 12.5 Å². The third-order valence-electron chi connectivity index (χ3n) is 2.22. The summed E-state index contributed by atoms with van der Waals surface area (Å²) in [5, 5.41) is 22.3. The molecule has 19 heavy (non-hydrogen) atoms. The molecule has 0 saturated carbocycles. The Hall–Kier alpha value is -2.68. The predicted octanol–water partition coefficient (Wildman–Crippen LogP) is -0.558. The Balaban J connectivity index is 2.96. The molecule has 9 heteroatoms. The molecule has 1 unspecified atom stereocenters. The number of phenols is 1. The van der Waals surface area contributed by atoms with Crippen LogP contribution in [0.25, 0.3) is 0 Å². The van der Waals surface area contributed by atoms with E-state index in [2.05, 4.69) is 5.32 Å². The number of primary amides is 1. The van der Waals surface area contributed by atoms with Gasteiger partial charge in [-0.2, -0.15) is 0 Å². The minimum absolute atomic E-state index is 0.377. The van der Waals surface area contributed by atoms with Gasteiger partial charge in [-0.15, -0.1) is 0 Å². The average molecular weight is 268 g/mol. The van der Waals surface area contributed by atoms with Crippen LogP contribution in [0.2, 0.25) is 0 Å². The SMILES string of the molecule is NC(=O)CC(N)C(=O)Nc1c(O)cccc1[N+](=O)[O-]. The summed E-state index contributed by atoms with van der Waals surface area (Å²) in [6.07, 6.45) is -0.409. The molecule has 0 heterocycles. The Morgan fingerprint density at radius 3 is 2.63 bits per heavy atom. The van der Waals surface area contributed by atoms with Crippen molar-refractivity contribution in [1.82, 2.24) is 0 Å². The highest BCUT2D eigenvalue weighted by atomic mass is 16.6. The lowest BCUT2D eigenvalue weighted by Gasteiger charge is -2.11. The number of carbonyl (C=O) groups excluding carboxylic acids is 2. The van der Waals surface area contributed by atoms with Gasteiger partial charge in [0.1, 0.15) is 5.75 Å². The lowest BCUT2D eigenvalue weighted by molar-refractivity contribution is -0.384. The molecular formula is C10H12N4O5. The Morgan fingerprint density at radius 2 is 2.11 bits per heavy atom. The van der Waals surface area contributed by atoms with E-state index >= 15 is 0 Å². The van der Waals surface area contributed by atoms with Crippen LogP contribution >= 0.6 is 0 Å². The quantitative estimate of drug-likeness (QED) is 0.318. The molecule has 0 spiro atoms. The summed E-state index contributed by atoms with van der Waals surface area (Å²) in [4.78, 5) is 32.2. The minimum Gasteiger partial charge on any atom is -0.505 e. The van der Waals surface area contributed by atoms with E-state index in [0.717, 1.165) is 6.07 Å². The number of hydrogen-bond acceptors (Lipinski definition) is 6. The second-order valence-electron chi connectivity index (χ2n) is 3.69. The number of nitrogens with one attached hydrogen (secondary N) is 1. The van der Waals surface area contributed by atoms with Crippen LogP contribution in [0.4, 0.5) is 11.4 Å². The van der Waals surface area contributed by atoms with Crippen molar-refractivity contribution in [3.05, 3.63) is 28.3 Å². The first kappa shape index (κ1) is 14.4. The molecule has 0 aromatic heterocycles. The summed E-state index contributed by atoms with van der Waals surface area (Å²) in [6.45, 7) is 0. The average Bonchev–Trinajstić information content (AvgIpc) is 2.30. The summed E-state index contributed by atoms with van der Waals surface area (Å²) >= 11 is 0. The number of rotatable bonds is 5. The van der Waals surface area contributed by atoms with E-state index in [1.807, 2.05) is 0 Å². The van der Waals surface area contributed by atoms with E-state index in [4.69, 9.17) is 11.5 Å². The van der Waals surface area contributed by atoms with Crippen LogP contribution in [-0.2, 0) is 9.59 Å². The third-order valence-corrected chi connectivity index (χ3v) is 2.22. The maximum Gasteiger partial charge on any atom is 0.296 e. The fourth-order valence-corrected chi connectivity index (χ4v) is 1.33. The lowest BCUT2D eigenvalue weighted by atomic mass is 10.2. The number of phenolic OH excluding ortho intramolecular Hbond substituents is 1. The number of nitro groups is 1. The molecule has 0 aliphatic carbocycles. The van der Waals surface area contributed by atoms with Crippen molar-refractivity contribution in [2.24, 2.45) is 11.5 Å². The predicted molar refractivity (Wildman–Crippen MR) is 65.2 cm³/mol. The normalized spacial score (nSPS) is 11.6. The molecule has 0 saturated heterocycles. The fraction of sp³-hybridized carbons (Fsp3) is 0.200. The number of amides is 2. The van der Waals surface area contributed by atoms with Crippen LogP contribution in [0.1, 0.15) is 6.42 Å². The van der Waals surface area contributed by atoms with Crippen molar-refractivity contribution in [3.63, 3.8) is 0 Å². The molecule has 1 aromatic rings. The molecule has 102 valence electrons. The number of nitrogens with two attached hydrogens (primary N) is 2. The number of nitro benzene ring substituents is 1. The van der Waals surface area contributed by atoms with Crippen LogP contribution in [0.5, 0.6) is 5.75 Å². The molecule has 1 aromatic carbocycles. The molecule has 1 atom stereocenters. The zero-order valence-corrected chi connectivity index (χ0v) is 9.70. The Kier molecular flexibility index (Phi) is 4.37. The van der Waals surface area contributed by atoms with Gasteiger partial charge in [0.25, 0.3) is 5.69 Å². The van der Waals surface area contributed by atoms with Crippen LogP contribution < -0.4 is 16.8 Å². The number of anilines is 1. The number of hydrogen-bond donors (Lipinski definition) is 4. The number of carbonyl (C=O) groups is 2. The van der Waals surface area contributed by atoms with Crippen LogP contribution in [0.3, 0.4) is 0 Å². The summed E-state index contributed by atoms with van der Waals surface area (Å²) in [7, 11) is 0. The topological polar surface area (TPSA) is 162 Å². The molecule has 6 N–H and O–H groups in total. The van der Waals surface area contributed by atoms with Gasteiger partial charge in [0, 0.05) is 6.07 Å². The maximum absolute atomic E-state index is 11.6. The smallest absolute Gasteiger partial charge is 0.296 e. The monoisotopic (exact) mass is 268 g/mol. The van der Waals surface area contributed by atoms with Gasteiger partial charge in [-0.3, -0.25) is 19.7 Å². The second kappa shape index (κ2) is 5.78. The van der Waals surface area contributed by atoms with Gasteiger partial charge in [-0.1, -0.05) is 6.07 Å². The molecular weight excluding hydrogens is 256 g/mol. The Labute approximate surface area is 107 Å². The van der Waals surface area contributed by atoms with Crippen molar-refractivity contribution in [3.8, 4) is 5.75 Å². The highest BCUT2D eigenvalue weighted by Gasteiger charge is 2.23. The van der Waals surface area contributed by atoms with Gasteiger partial charge in [-0.25, -0.2) is 0 Å². The van der Waals surface area contributed by atoms with Crippen molar-refractivity contribution in [1.29, 1.82) is 0 Å². The van der Waals surface area contributed by atoms with E-state index in [-0.39, 0.29) is 5.69 Å². The van der Waals surface area contributed by atoms with Crippen molar-refractivity contribution >= 4 is 23.2 Å². The van der Waals surface area contributed by atoms with E-state index in [9.17, 15) is 24.8 Å². The first-order valence-electron chi connectivity index (χ1n) is 5.14. The second-order valence-corrected chi connectivity index (χ2v) is 3.69. The van der Waals surface area contributed by atoms with E-state index in [1.54, 1.807) is 0 Å². The summed E-state index contributed by atoms with van der Waals surface area (Å²) in [5.74, 6) is -2.12. The fourth-order valence-electron chi connectivity index (χ4n) is 1.33.